The molecule has 1 amide bonds. The molecule has 0 heterocycles. The molecule has 0 aliphatic carbocycles. The van der Waals surface area contributed by atoms with Crippen molar-refractivity contribution in [2.45, 2.75) is 34.1 Å². The number of hydrogen-bond acceptors (Lipinski definition) is 2. The van der Waals surface area contributed by atoms with Crippen molar-refractivity contribution in [1.29, 1.82) is 0 Å². The summed E-state index contributed by atoms with van der Waals surface area (Å²) in [7, 11) is 0. The Morgan fingerprint density at radius 2 is 1.93 bits per heavy atom. The van der Waals surface area contributed by atoms with Gasteiger partial charge in [0.15, 0.2) is 0 Å². The van der Waals surface area contributed by atoms with Gasteiger partial charge >= 0.3 is 0 Å². The van der Waals surface area contributed by atoms with Gasteiger partial charge in [-0.3, -0.25) is 4.79 Å². The summed E-state index contributed by atoms with van der Waals surface area (Å²) in [4.78, 5) is 14.0. The van der Waals surface area contributed by atoms with E-state index in [0.717, 1.165) is 19.5 Å². The number of hydrogen-bond donors (Lipinski definition) is 1. The predicted molar refractivity (Wildman–Crippen MR) is 67.7 cm³/mol. The minimum absolute atomic E-state index is 0.0466. The SMILES string of the molecule is CCC(C)CN(CC)C(=O)C(C)C(N)=S. The van der Waals surface area contributed by atoms with Crippen LogP contribution in [0.5, 0.6) is 0 Å². The zero-order valence-corrected chi connectivity index (χ0v) is 10.9. The van der Waals surface area contributed by atoms with Gasteiger partial charge in [0.2, 0.25) is 5.91 Å². The van der Waals surface area contributed by atoms with Crippen LogP contribution in [0.25, 0.3) is 0 Å². The highest BCUT2D eigenvalue weighted by Gasteiger charge is 2.22. The minimum Gasteiger partial charge on any atom is -0.393 e. The molecule has 0 rings (SSSR count). The lowest BCUT2D eigenvalue weighted by Crippen LogP contribution is -2.41. The Morgan fingerprint density at radius 1 is 1.40 bits per heavy atom. The molecule has 0 bridgehead atoms. The van der Waals surface area contributed by atoms with Crippen LogP contribution in [0.4, 0.5) is 0 Å². The molecule has 0 saturated heterocycles. The number of amides is 1. The molecule has 88 valence electrons. The summed E-state index contributed by atoms with van der Waals surface area (Å²) in [6.07, 6.45) is 1.07. The maximum atomic E-state index is 11.9. The fraction of sp³-hybridized carbons (Fsp3) is 0.818. The van der Waals surface area contributed by atoms with Crippen molar-refractivity contribution in [3.63, 3.8) is 0 Å². The molecule has 0 aromatic carbocycles. The second-order valence-corrected chi connectivity index (χ2v) is 4.49. The maximum Gasteiger partial charge on any atom is 0.232 e. The van der Waals surface area contributed by atoms with E-state index < -0.39 is 0 Å². The van der Waals surface area contributed by atoms with Crippen LogP contribution in [0, 0.1) is 11.8 Å². The molecule has 0 spiro atoms. The molecule has 0 aliphatic heterocycles. The highest BCUT2D eigenvalue weighted by molar-refractivity contribution is 7.80. The molecule has 15 heavy (non-hydrogen) atoms. The third kappa shape index (κ3) is 4.60. The molecular weight excluding hydrogens is 208 g/mol. The molecule has 2 N–H and O–H groups in total. The van der Waals surface area contributed by atoms with Gasteiger partial charge in [-0.25, -0.2) is 0 Å². The predicted octanol–water partition coefficient (Wildman–Crippen LogP) is 1.80. The Kier molecular flexibility index (Phi) is 6.48. The van der Waals surface area contributed by atoms with Gasteiger partial charge in [0.25, 0.3) is 0 Å². The maximum absolute atomic E-state index is 11.9. The fourth-order valence-electron chi connectivity index (χ4n) is 1.28. The van der Waals surface area contributed by atoms with E-state index in [4.69, 9.17) is 18.0 Å². The van der Waals surface area contributed by atoms with Gasteiger partial charge in [0.1, 0.15) is 0 Å². The van der Waals surface area contributed by atoms with E-state index in [1.54, 1.807) is 6.92 Å². The Hall–Kier alpha value is -0.640. The number of nitrogens with two attached hydrogens (primary N) is 1. The molecule has 2 atom stereocenters. The third-order valence-corrected chi connectivity index (χ3v) is 3.07. The van der Waals surface area contributed by atoms with E-state index in [9.17, 15) is 4.79 Å². The van der Waals surface area contributed by atoms with Crippen LogP contribution in [0.15, 0.2) is 0 Å². The average molecular weight is 230 g/mol. The summed E-state index contributed by atoms with van der Waals surface area (Å²) in [5, 5.41) is 0. The van der Waals surface area contributed by atoms with Gasteiger partial charge < -0.3 is 10.6 Å². The van der Waals surface area contributed by atoms with E-state index in [1.165, 1.54) is 0 Å². The first-order chi connectivity index (χ1) is 6.93. The topological polar surface area (TPSA) is 46.3 Å². The summed E-state index contributed by atoms with van der Waals surface area (Å²) in [6, 6.07) is 0. The normalized spacial score (nSPS) is 14.4. The van der Waals surface area contributed by atoms with Crippen LogP contribution in [0.1, 0.15) is 34.1 Å². The molecule has 0 aromatic rings. The zero-order chi connectivity index (χ0) is 12.0. The van der Waals surface area contributed by atoms with Crippen molar-refractivity contribution in [3.05, 3.63) is 0 Å². The van der Waals surface area contributed by atoms with Gasteiger partial charge in [-0.05, 0) is 19.8 Å². The monoisotopic (exact) mass is 230 g/mol. The average Bonchev–Trinajstić information content (AvgIpc) is 2.23. The zero-order valence-electron chi connectivity index (χ0n) is 10.1. The van der Waals surface area contributed by atoms with Crippen LogP contribution >= 0.6 is 12.2 Å². The molecule has 0 fully saturated rings. The molecule has 4 heteroatoms. The van der Waals surface area contributed by atoms with Crippen molar-refractivity contribution in [2.24, 2.45) is 17.6 Å². The molecule has 0 saturated carbocycles. The minimum atomic E-state index is -0.344. The summed E-state index contributed by atoms with van der Waals surface area (Å²) in [5.41, 5.74) is 5.48. The van der Waals surface area contributed by atoms with Crippen molar-refractivity contribution in [3.8, 4) is 0 Å². The summed E-state index contributed by atoms with van der Waals surface area (Å²) >= 11 is 4.83. The second kappa shape index (κ2) is 6.77. The highest BCUT2D eigenvalue weighted by atomic mass is 32.1. The van der Waals surface area contributed by atoms with E-state index in [2.05, 4.69) is 13.8 Å². The van der Waals surface area contributed by atoms with E-state index in [0.29, 0.717) is 5.92 Å². The van der Waals surface area contributed by atoms with Crippen molar-refractivity contribution in [1.82, 2.24) is 4.90 Å². The number of thiocarbonyl (C=S) groups is 1. The molecule has 0 aliphatic rings. The summed E-state index contributed by atoms with van der Waals surface area (Å²) in [6.45, 7) is 9.52. The van der Waals surface area contributed by atoms with Gasteiger partial charge in [0, 0.05) is 13.1 Å². The standard InChI is InChI=1S/C11H22N2OS/c1-5-8(3)7-13(6-2)11(14)9(4)10(12)15/h8-9H,5-7H2,1-4H3,(H2,12,15). The number of rotatable bonds is 6. The lowest BCUT2D eigenvalue weighted by Gasteiger charge is -2.26. The van der Waals surface area contributed by atoms with Gasteiger partial charge in [-0.2, -0.15) is 0 Å². The van der Waals surface area contributed by atoms with E-state index in [1.807, 2.05) is 11.8 Å². The molecule has 2 unspecified atom stereocenters. The number of carbonyl (C=O) groups excluding carboxylic acids is 1. The first-order valence-corrected chi connectivity index (χ1v) is 5.92. The first kappa shape index (κ1) is 14.4. The van der Waals surface area contributed by atoms with Crippen LogP contribution < -0.4 is 5.73 Å². The Bertz CT molecular complexity index is 231. The molecule has 0 radical (unpaired) electrons. The van der Waals surface area contributed by atoms with Crippen LogP contribution in [0.3, 0.4) is 0 Å². The molecular formula is C11H22N2OS. The number of carbonyl (C=O) groups is 1. The van der Waals surface area contributed by atoms with E-state index >= 15 is 0 Å². The van der Waals surface area contributed by atoms with Crippen LogP contribution in [-0.2, 0) is 4.79 Å². The van der Waals surface area contributed by atoms with Gasteiger partial charge in [0.05, 0.1) is 10.9 Å². The third-order valence-electron chi connectivity index (χ3n) is 2.72. The Labute approximate surface area is 98.0 Å². The van der Waals surface area contributed by atoms with E-state index in [-0.39, 0.29) is 16.8 Å². The summed E-state index contributed by atoms with van der Waals surface area (Å²) < 4.78 is 0. The van der Waals surface area contributed by atoms with Crippen LogP contribution in [-0.4, -0.2) is 28.9 Å². The Morgan fingerprint density at radius 3 is 2.27 bits per heavy atom. The number of nitrogens with zero attached hydrogens (tertiary/aromatic N) is 1. The van der Waals surface area contributed by atoms with Gasteiger partial charge in [-0.15, -0.1) is 0 Å². The quantitative estimate of drug-likeness (QED) is 0.708. The largest absolute Gasteiger partial charge is 0.393 e. The fourth-order valence-corrected chi connectivity index (χ4v) is 1.38. The molecule has 3 nitrogen and oxygen atoms in total. The Balaban J connectivity index is 4.40. The summed E-state index contributed by atoms with van der Waals surface area (Å²) in [5.74, 6) is 0.224. The van der Waals surface area contributed by atoms with Crippen molar-refractivity contribution in [2.75, 3.05) is 13.1 Å². The van der Waals surface area contributed by atoms with Crippen molar-refractivity contribution >= 4 is 23.1 Å². The lowest BCUT2D eigenvalue weighted by atomic mass is 10.1. The van der Waals surface area contributed by atoms with Gasteiger partial charge in [-0.1, -0.05) is 32.5 Å². The smallest absolute Gasteiger partial charge is 0.232 e. The highest BCUT2D eigenvalue weighted by Crippen LogP contribution is 2.08. The second-order valence-electron chi connectivity index (χ2n) is 4.01. The van der Waals surface area contributed by atoms with Crippen LogP contribution in [0.2, 0.25) is 0 Å². The first-order valence-electron chi connectivity index (χ1n) is 5.52. The molecule has 0 aromatic heterocycles. The lowest BCUT2D eigenvalue weighted by molar-refractivity contribution is -0.133. The van der Waals surface area contributed by atoms with Crippen molar-refractivity contribution < 1.29 is 4.79 Å².